The summed E-state index contributed by atoms with van der Waals surface area (Å²) in [6, 6.07) is 1.42. The van der Waals surface area contributed by atoms with Gasteiger partial charge in [0, 0.05) is 6.07 Å². The smallest absolute Gasteiger partial charge is 0.292 e. The summed E-state index contributed by atoms with van der Waals surface area (Å²) in [5.74, 6) is -0.115. The first-order valence-electron chi connectivity index (χ1n) is 3.40. The molecule has 0 bridgehead atoms. The van der Waals surface area contributed by atoms with Crippen LogP contribution in [-0.4, -0.2) is 16.0 Å². The van der Waals surface area contributed by atoms with Gasteiger partial charge in [0.1, 0.15) is 0 Å². The molecule has 1 heterocycles. The molecular formula is C7H6BrNO3S. The molecule has 0 aromatic carbocycles. The number of ketones is 1. The molecule has 0 fully saturated rings. The van der Waals surface area contributed by atoms with Gasteiger partial charge in [-0.3, -0.25) is 14.9 Å². The molecule has 1 aromatic rings. The van der Waals surface area contributed by atoms with Crippen LogP contribution in [0.15, 0.2) is 6.07 Å². The van der Waals surface area contributed by atoms with Crippen LogP contribution in [0.25, 0.3) is 0 Å². The zero-order valence-corrected chi connectivity index (χ0v) is 9.15. The standard InChI is InChI=1S/C7H6BrNO3S/c1-4-2-6(9(11)12)13-7(4)5(10)3-8/h2H,3H2,1H3. The molecule has 0 N–H and O–H groups in total. The van der Waals surface area contributed by atoms with Crippen molar-refractivity contribution < 1.29 is 9.72 Å². The van der Waals surface area contributed by atoms with E-state index in [1.807, 2.05) is 0 Å². The zero-order chi connectivity index (χ0) is 10.0. The van der Waals surface area contributed by atoms with E-state index in [4.69, 9.17) is 0 Å². The second kappa shape index (κ2) is 3.97. The van der Waals surface area contributed by atoms with Crippen molar-refractivity contribution in [3.8, 4) is 0 Å². The minimum atomic E-state index is -0.483. The Morgan fingerprint density at radius 1 is 1.77 bits per heavy atom. The van der Waals surface area contributed by atoms with Crippen LogP contribution in [0, 0.1) is 17.0 Å². The summed E-state index contributed by atoms with van der Waals surface area (Å²) >= 11 is 3.94. The number of carbonyl (C=O) groups excluding carboxylic acids is 1. The average molecular weight is 264 g/mol. The highest BCUT2D eigenvalue weighted by Gasteiger charge is 2.18. The maximum Gasteiger partial charge on any atom is 0.325 e. The van der Waals surface area contributed by atoms with Crippen molar-refractivity contribution in [3.05, 3.63) is 26.6 Å². The highest BCUT2D eigenvalue weighted by molar-refractivity contribution is 9.09. The molecule has 0 unspecified atom stereocenters. The first-order chi connectivity index (χ1) is 6.06. The third-order valence-electron chi connectivity index (χ3n) is 1.46. The van der Waals surface area contributed by atoms with Crippen molar-refractivity contribution in [3.63, 3.8) is 0 Å². The minimum Gasteiger partial charge on any atom is -0.292 e. The first kappa shape index (κ1) is 10.3. The van der Waals surface area contributed by atoms with Crippen molar-refractivity contribution in [2.45, 2.75) is 6.92 Å². The van der Waals surface area contributed by atoms with Gasteiger partial charge in [-0.25, -0.2) is 0 Å². The summed E-state index contributed by atoms with van der Waals surface area (Å²) in [5, 5.41) is 10.6. The Labute approximate surface area is 86.8 Å². The summed E-state index contributed by atoms with van der Waals surface area (Å²) in [4.78, 5) is 21.6. The van der Waals surface area contributed by atoms with Gasteiger partial charge in [-0.05, 0) is 12.5 Å². The van der Waals surface area contributed by atoms with Gasteiger partial charge < -0.3 is 0 Å². The second-order valence-electron chi connectivity index (χ2n) is 2.41. The molecule has 6 heteroatoms. The van der Waals surface area contributed by atoms with Crippen LogP contribution in [0.1, 0.15) is 15.2 Å². The molecule has 0 atom stereocenters. The van der Waals surface area contributed by atoms with E-state index >= 15 is 0 Å². The van der Waals surface area contributed by atoms with Crippen LogP contribution in [0.3, 0.4) is 0 Å². The number of thiophene rings is 1. The fourth-order valence-electron chi connectivity index (χ4n) is 0.893. The first-order valence-corrected chi connectivity index (χ1v) is 5.34. The maximum absolute atomic E-state index is 11.2. The van der Waals surface area contributed by atoms with Gasteiger partial charge in [0.15, 0.2) is 5.78 Å². The molecule has 0 radical (unpaired) electrons. The van der Waals surface area contributed by atoms with Gasteiger partial charge in [-0.1, -0.05) is 27.3 Å². The number of nitrogens with zero attached hydrogens (tertiary/aromatic N) is 1. The third kappa shape index (κ3) is 2.13. The quantitative estimate of drug-likeness (QED) is 0.365. The molecule has 1 aromatic heterocycles. The Kier molecular flexibility index (Phi) is 3.16. The van der Waals surface area contributed by atoms with Gasteiger partial charge in [0.2, 0.25) is 0 Å². The molecule has 1 rings (SSSR count). The van der Waals surface area contributed by atoms with Gasteiger partial charge in [-0.2, -0.15) is 0 Å². The number of hydrogen-bond acceptors (Lipinski definition) is 4. The van der Waals surface area contributed by atoms with Crippen LogP contribution in [0.5, 0.6) is 0 Å². The summed E-state index contributed by atoms with van der Waals surface area (Å²) in [6.07, 6.45) is 0. The van der Waals surface area contributed by atoms with Crippen molar-refractivity contribution >= 4 is 38.1 Å². The van der Waals surface area contributed by atoms with Crippen molar-refractivity contribution in [1.29, 1.82) is 0 Å². The molecular weight excluding hydrogens is 258 g/mol. The summed E-state index contributed by atoms with van der Waals surface area (Å²) in [5.41, 5.74) is 0.668. The lowest BCUT2D eigenvalue weighted by atomic mass is 10.2. The Hall–Kier alpha value is -0.750. The number of hydrogen-bond donors (Lipinski definition) is 0. The van der Waals surface area contributed by atoms with E-state index in [1.54, 1.807) is 6.92 Å². The largest absolute Gasteiger partial charge is 0.325 e. The second-order valence-corrected chi connectivity index (χ2v) is 4.00. The summed E-state index contributed by atoms with van der Waals surface area (Å²) in [6.45, 7) is 1.69. The minimum absolute atomic E-state index is 0.0156. The number of nitro groups is 1. The average Bonchev–Trinajstić information content (AvgIpc) is 2.46. The van der Waals surface area contributed by atoms with E-state index in [-0.39, 0.29) is 16.1 Å². The lowest BCUT2D eigenvalue weighted by Gasteiger charge is -1.90. The van der Waals surface area contributed by atoms with E-state index in [2.05, 4.69) is 15.9 Å². The number of rotatable bonds is 3. The van der Waals surface area contributed by atoms with Gasteiger partial charge in [0.05, 0.1) is 15.1 Å². The fourth-order valence-corrected chi connectivity index (χ4v) is 2.28. The van der Waals surface area contributed by atoms with E-state index in [9.17, 15) is 14.9 Å². The molecule has 0 aliphatic carbocycles. The number of alkyl halides is 1. The normalized spacial score (nSPS) is 10.0. The Morgan fingerprint density at radius 2 is 2.38 bits per heavy atom. The molecule has 0 aliphatic heterocycles. The molecule has 0 saturated heterocycles. The number of halogens is 1. The van der Waals surface area contributed by atoms with Crippen LogP contribution in [0.4, 0.5) is 5.00 Å². The number of carbonyl (C=O) groups is 1. The number of aryl methyl sites for hydroxylation is 1. The highest BCUT2D eigenvalue weighted by atomic mass is 79.9. The van der Waals surface area contributed by atoms with Crippen LogP contribution in [-0.2, 0) is 0 Å². The maximum atomic E-state index is 11.2. The van der Waals surface area contributed by atoms with Crippen LogP contribution < -0.4 is 0 Å². The van der Waals surface area contributed by atoms with E-state index < -0.39 is 4.92 Å². The molecule has 0 aliphatic rings. The Morgan fingerprint density at radius 3 is 2.77 bits per heavy atom. The lowest BCUT2D eigenvalue weighted by Crippen LogP contribution is -1.97. The van der Waals surface area contributed by atoms with Crippen LogP contribution >= 0.6 is 27.3 Å². The van der Waals surface area contributed by atoms with Crippen molar-refractivity contribution in [2.24, 2.45) is 0 Å². The summed E-state index contributed by atoms with van der Waals surface area (Å²) in [7, 11) is 0. The number of Topliss-reactive ketones (excluding diaryl/α,β-unsaturated/α-hetero) is 1. The van der Waals surface area contributed by atoms with Crippen molar-refractivity contribution in [1.82, 2.24) is 0 Å². The van der Waals surface area contributed by atoms with E-state index in [1.165, 1.54) is 6.07 Å². The molecule has 70 valence electrons. The predicted octanol–water partition coefficient (Wildman–Crippen LogP) is 2.54. The fraction of sp³-hybridized carbons (Fsp3) is 0.286. The van der Waals surface area contributed by atoms with Gasteiger partial charge in [0.25, 0.3) is 0 Å². The van der Waals surface area contributed by atoms with Gasteiger partial charge >= 0.3 is 5.00 Å². The van der Waals surface area contributed by atoms with Crippen molar-refractivity contribution in [2.75, 3.05) is 5.33 Å². The molecule has 0 amide bonds. The molecule has 4 nitrogen and oxygen atoms in total. The summed E-state index contributed by atoms with van der Waals surface area (Å²) < 4.78 is 0. The lowest BCUT2D eigenvalue weighted by molar-refractivity contribution is -0.380. The van der Waals surface area contributed by atoms with Gasteiger partial charge in [-0.15, -0.1) is 0 Å². The Bertz CT molecular complexity index is 361. The van der Waals surface area contributed by atoms with Crippen LogP contribution in [0.2, 0.25) is 0 Å². The highest BCUT2D eigenvalue weighted by Crippen LogP contribution is 2.28. The zero-order valence-electron chi connectivity index (χ0n) is 6.74. The monoisotopic (exact) mass is 263 g/mol. The molecule has 0 spiro atoms. The van der Waals surface area contributed by atoms with E-state index in [0.29, 0.717) is 10.4 Å². The van der Waals surface area contributed by atoms with E-state index in [0.717, 1.165) is 11.3 Å². The predicted molar refractivity (Wildman–Crippen MR) is 53.8 cm³/mol. The SMILES string of the molecule is Cc1cc([N+](=O)[O-])sc1C(=O)CBr. The molecule has 13 heavy (non-hydrogen) atoms. The topological polar surface area (TPSA) is 60.2 Å². The third-order valence-corrected chi connectivity index (χ3v) is 3.20. The Balaban J connectivity index is 3.10. The molecule has 0 saturated carbocycles.